The van der Waals surface area contributed by atoms with E-state index in [4.69, 9.17) is 0 Å². The van der Waals surface area contributed by atoms with Crippen molar-refractivity contribution in [1.82, 2.24) is 14.0 Å². The van der Waals surface area contributed by atoms with Crippen LogP contribution in [-0.4, -0.2) is 46.7 Å². The average Bonchev–Trinajstić information content (AvgIpc) is 2.29. The molecule has 1 saturated heterocycles. The second kappa shape index (κ2) is 14.7. The molecule has 1 heterocycles. The van der Waals surface area contributed by atoms with Crippen LogP contribution in [0.4, 0.5) is 0 Å². The van der Waals surface area contributed by atoms with Crippen molar-refractivity contribution in [2.75, 3.05) is 39.3 Å². The maximum atomic E-state index is 11.9. The fourth-order valence-corrected chi connectivity index (χ4v) is 5.21. The number of halogens is 3. The molecule has 0 bridgehead atoms. The van der Waals surface area contributed by atoms with Gasteiger partial charge < -0.3 is 0 Å². The zero-order valence-corrected chi connectivity index (χ0v) is 17.5. The standard InChI is InChI=1S/C9H20N3.C2H3O.2CH3.3ClH.Ti/c1-4-10-6-2-8-12-9-3-7-11-5-1;1-2-3;;;;;;/h10-11H,1-9H2;1H3;2*1H3;3*1H;/q-1;;;;;;;+1. The maximum absolute atomic E-state index is 11.9. The van der Waals surface area contributed by atoms with Gasteiger partial charge in [0.1, 0.15) is 0 Å². The second-order valence-electron chi connectivity index (χ2n) is 5.66. The molecule has 0 unspecified atom stereocenters. The SMILES string of the molecule is C[C](=O)[Ti]([CH3])([CH3])[N]1CCCNCCCNCCC1.Cl.Cl.Cl. The van der Waals surface area contributed by atoms with Gasteiger partial charge in [-0.2, -0.15) is 0 Å². The van der Waals surface area contributed by atoms with E-state index in [-0.39, 0.29) is 37.2 Å². The van der Waals surface area contributed by atoms with Crippen LogP contribution >= 0.6 is 37.2 Å². The van der Waals surface area contributed by atoms with E-state index >= 15 is 0 Å². The molecule has 0 aliphatic carbocycles. The van der Waals surface area contributed by atoms with Gasteiger partial charge in [0.2, 0.25) is 0 Å². The number of rotatable bonds is 2. The van der Waals surface area contributed by atoms with E-state index in [1.165, 1.54) is 6.42 Å². The summed E-state index contributed by atoms with van der Waals surface area (Å²) in [5.41, 5.74) is 0. The van der Waals surface area contributed by atoms with Crippen LogP contribution in [0.25, 0.3) is 0 Å². The van der Waals surface area contributed by atoms with Gasteiger partial charge in [-0.15, -0.1) is 37.2 Å². The first-order chi connectivity index (χ1) is 8.55. The summed E-state index contributed by atoms with van der Waals surface area (Å²) in [5, 5.41) is 11.4. The summed E-state index contributed by atoms with van der Waals surface area (Å²) in [4.78, 5) is 11.9. The zero-order chi connectivity index (χ0) is 13.4. The third kappa shape index (κ3) is 10.5. The molecule has 0 aromatic carbocycles. The Morgan fingerprint density at radius 1 is 0.857 bits per heavy atom. The van der Waals surface area contributed by atoms with Gasteiger partial charge in [0, 0.05) is 0 Å². The summed E-state index contributed by atoms with van der Waals surface area (Å²) in [6, 6.07) is 0. The minimum Gasteiger partial charge on any atom is -0.147 e. The molecule has 2 N–H and O–H groups in total. The van der Waals surface area contributed by atoms with E-state index in [9.17, 15) is 4.79 Å². The number of carbonyl (C=O) groups is 1. The van der Waals surface area contributed by atoms with Gasteiger partial charge in [-0.3, -0.25) is 0 Å². The first-order valence-corrected chi connectivity index (χ1v) is 11.8. The van der Waals surface area contributed by atoms with Gasteiger partial charge in [-0.1, -0.05) is 0 Å². The molecule has 130 valence electrons. The van der Waals surface area contributed by atoms with E-state index in [2.05, 4.69) is 24.5 Å². The smallest absolute Gasteiger partial charge is 0.147 e. The molecule has 1 aliphatic rings. The molecule has 0 radical (unpaired) electrons. The Morgan fingerprint density at radius 3 is 1.62 bits per heavy atom. The maximum Gasteiger partial charge on any atom is -0.147 e. The summed E-state index contributed by atoms with van der Waals surface area (Å²) >= 11 is -2.40. The molecule has 0 spiro atoms. The summed E-state index contributed by atoms with van der Waals surface area (Å²) < 4.78 is 2.97. The van der Waals surface area contributed by atoms with Gasteiger partial charge in [-0.25, -0.2) is 0 Å². The Morgan fingerprint density at radius 2 is 1.24 bits per heavy atom. The van der Waals surface area contributed by atoms with Gasteiger partial charge >= 0.3 is 116 Å². The Labute approximate surface area is 152 Å². The van der Waals surface area contributed by atoms with E-state index < -0.39 is 16.8 Å². The number of carbonyl (C=O) groups excluding carboxylic acids is 1. The van der Waals surface area contributed by atoms with Crippen LogP contribution in [0, 0.1) is 0 Å². The summed E-state index contributed by atoms with van der Waals surface area (Å²) in [6.07, 6.45) is 3.53. The molecule has 0 aromatic rings. The van der Waals surface area contributed by atoms with Crippen molar-refractivity contribution in [3.8, 4) is 0 Å². The molecule has 0 atom stereocenters. The molecular weight excluding hydrogens is 368 g/mol. The third-order valence-corrected chi connectivity index (χ3v) is 9.78. The molecule has 8 heteroatoms. The first kappa shape index (κ1) is 27.0. The largest absolute Gasteiger partial charge is 0.147 e. The Bertz CT molecular complexity index is 259. The van der Waals surface area contributed by atoms with Crippen molar-refractivity contribution < 1.29 is 21.6 Å². The summed E-state index contributed by atoms with van der Waals surface area (Å²) in [5.74, 6) is 0. The van der Waals surface area contributed by atoms with Gasteiger partial charge in [0.05, 0.1) is 0 Å². The van der Waals surface area contributed by atoms with Crippen molar-refractivity contribution in [3.05, 3.63) is 0 Å². The number of nitrogens with zero attached hydrogens (tertiary/aromatic N) is 1. The Kier molecular flexibility index (Phi) is 18.9. The van der Waals surface area contributed by atoms with Crippen LogP contribution in [-0.2, 0) is 21.6 Å². The fraction of sp³-hybridized carbons (Fsp3) is 0.923. The van der Waals surface area contributed by atoms with Crippen molar-refractivity contribution in [1.29, 1.82) is 0 Å². The second-order valence-corrected chi connectivity index (χ2v) is 12.6. The van der Waals surface area contributed by atoms with Crippen LogP contribution in [0.3, 0.4) is 0 Å². The first-order valence-electron chi connectivity index (χ1n) is 7.22. The zero-order valence-electron chi connectivity index (χ0n) is 13.4. The summed E-state index contributed by atoms with van der Waals surface area (Å²) in [6.45, 7) is 8.31. The normalized spacial score (nSPS) is 18.8. The third-order valence-electron chi connectivity index (χ3n) is 3.92. The van der Waals surface area contributed by atoms with Crippen LogP contribution in [0.2, 0.25) is 10.5 Å². The van der Waals surface area contributed by atoms with E-state index in [1.54, 1.807) is 6.92 Å². The molecule has 0 aromatic heterocycles. The Balaban J connectivity index is -0.00000108. The van der Waals surface area contributed by atoms with E-state index in [0.717, 1.165) is 52.1 Å². The van der Waals surface area contributed by atoms with Crippen LogP contribution in [0.5, 0.6) is 0 Å². The molecule has 21 heavy (non-hydrogen) atoms. The van der Waals surface area contributed by atoms with Crippen molar-refractivity contribution in [3.63, 3.8) is 0 Å². The average molecular weight is 401 g/mol. The van der Waals surface area contributed by atoms with E-state index in [0.29, 0.717) is 4.09 Å². The topological polar surface area (TPSA) is 44.4 Å². The van der Waals surface area contributed by atoms with Gasteiger partial charge in [0.15, 0.2) is 0 Å². The molecule has 0 amide bonds. The van der Waals surface area contributed by atoms with E-state index in [1.807, 2.05) is 0 Å². The summed E-state index contributed by atoms with van der Waals surface area (Å²) in [7, 11) is 0. The predicted octanol–water partition coefficient (Wildman–Crippen LogP) is 2.63. The molecule has 1 aliphatic heterocycles. The Hall–Kier alpha value is 1.13. The number of nitrogens with one attached hydrogen (secondary N) is 2. The van der Waals surface area contributed by atoms with Crippen molar-refractivity contribution >= 4 is 41.3 Å². The van der Waals surface area contributed by atoms with Crippen LogP contribution in [0.1, 0.15) is 26.2 Å². The predicted molar refractivity (Wildman–Crippen MR) is 95.3 cm³/mol. The molecule has 0 saturated carbocycles. The number of hydrogen-bond acceptors (Lipinski definition) is 4. The van der Waals surface area contributed by atoms with Gasteiger partial charge in [-0.05, 0) is 0 Å². The monoisotopic (exact) mass is 399 g/mol. The fourth-order valence-electron chi connectivity index (χ4n) is 2.27. The quantitative estimate of drug-likeness (QED) is 0.700. The van der Waals surface area contributed by atoms with Crippen molar-refractivity contribution in [2.45, 2.75) is 36.6 Å². The molecule has 1 fully saturated rings. The minimum absolute atomic E-state index is 0. The molecule has 4 nitrogen and oxygen atoms in total. The molecule has 1 rings (SSSR count). The molecular formula is C13H32Cl3N3OTi. The number of hydrogen-bond donors (Lipinski definition) is 2. The van der Waals surface area contributed by atoms with Gasteiger partial charge in [0.25, 0.3) is 0 Å². The van der Waals surface area contributed by atoms with Crippen LogP contribution < -0.4 is 10.6 Å². The van der Waals surface area contributed by atoms with Crippen LogP contribution in [0.15, 0.2) is 0 Å². The van der Waals surface area contributed by atoms with Crippen molar-refractivity contribution in [2.24, 2.45) is 0 Å². The minimum atomic E-state index is -2.40.